The molecule has 0 atom stereocenters. The Morgan fingerprint density at radius 1 is 1.53 bits per heavy atom. The third kappa shape index (κ3) is 5.42. The summed E-state index contributed by atoms with van der Waals surface area (Å²) in [5.74, 6) is 0. The Morgan fingerprint density at radius 2 is 2.27 bits per heavy atom. The predicted molar refractivity (Wildman–Crippen MR) is 62.3 cm³/mol. The van der Waals surface area contributed by atoms with Gasteiger partial charge in [0.2, 0.25) is 0 Å². The Hall–Kier alpha value is -1.03. The fourth-order valence-electron chi connectivity index (χ4n) is 1.04. The summed E-state index contributed by atoms with van der Waals surface area (Å²) < 4.78 is 5.05. The molecule has 4 heteroatoms. The minimum Gasteiger partial charge on any atom is -0.449 e. The smallest absolute Gasteiger partial charge is 0.407 e. The molecule has 0 fully saturated rings. The van der Waals surface area contributed by atoms with Crippen molar-refractivity contribution in [2.75, 3.05) is 6.61 Å². The highest BCUT2D eigenvalue weighted by Crippen LogP contribution is 2.09. The Morgan fingerprint density at radius 3 is 2.80 bits per heavy atom. The molecule has 3 nitrogen and oxygen atoms in total. The first-order chi connectivity index (χ1) is 6.97. The SMILES string of the molecule is CC(C)(C)NC(=O)OCCc1cccs1. The topological polar surface area (TPSA) is 38.3 Å². The highest BCUT2D eigenvalue weighted by Gasteiger charge is 2.14. The molecule has 0 aliphatic rings. The zero-order valence-electron chi connectivity index (χ0n) is 9.37. The van der Waals surface area contributed by atoms with Gasteiger partial charge in [0.05, 0.1) is 6.61 Å². The number of nitrogens with one attached hydrogen (secondary N) is 1. The summed E-state index contributed by atoms with van der Waals surface area (Å²) in [5.41, 5.74) is -0.236. The van der Waals surface area contributed by atoms with Crippen LogP contribution in [0.4, 0.5) is 4.79 Å². The number of carbonyl (C=O) groups excluding carboxylic acids is 1. The second-order valence-corrected chi connectivity index (χ2v) is 5.37. The van der Waals surface area contributed by atoms with Crippen LogP contribution in [-0.4, -0.2) is 18.2 Å². The predicted octanol–water partition coefficient (Wildman–Crippen LogP) is 2.82. The molecule has 0 saturated heterocycles. The fraction of sp³-hybridized carbons (Fsp3) is 0.545. The third-order valence-electron chi connectivity index (χ3n) is 1.64. The molecule has 1 rings (SSSR count). The maximum absolute atomic E-state index is 11.3. The first-order valence-electron chi connectivity index (χ1n) is 4.95. The maximum atomic E-state index is 11.3. The van der Waals surface area contributed by atoms with E-state index in [1.54, 1.807) is 11.3 Å². The number of hydrogen-bond acceptors (Lipinski definition) is 3. The molecule has 0 radical (unpaired) electrons. The molecular formula is C11H17NO2S. The van der Waals surface area contributed by atoms with Crippen molar-refractivity contribution in [1.82, 2.24) is 5.32 Å². The quantitative estimate of drug-likeness (QED) is 0.862. The van der Waals surface area contributed by atoms with Gasteiger partial charge in [-0.25, -0.2) is 4.79 Å². The van der Waals surface area contributed by atoms with Crippen LogP contribution in [0, 0.1) is 0 Å². The summed E-state index contributed by atoms with van der Waals surface area (Å²) in [5, 5.41) is 4.76. The molecule has 15 heavy (non-hydrogen) atoms. The molecule has 0 aromatic carbocycles. The lowest BCUT2D eigenvalue weighted by Crippen LogP contribution is -2.41. The molecule has 1 heterocycles. The van der Waals surface area contributed by atoms with Crippen molar-refractivity contribution in [3.8, 4) is 0 Å². The van der Waals surface area contributed by atoms with Gasteiger partial charge in [-0.1, -0.05) is 6.07 Å². The van der Waals surface area contributed by atoms with Crippen LogP contribution in [0.5, 0.6) is 0 Å². The summed E-state index contributed by atoms with van der Waals surface area (Å²) in [4.78, 5) is 12.5. The van der Waals surface area contributed by atoms with E-state index in [-0.39, 0.29) is 11.6 Å². The minimum atomic E-state index is -0.348. The van der Waals surface area contributed by atoms with Crippen molar-refractivity contribution in [2.24, 2.45) is 0 Å². The van der Waals surface area contributed by atoms with Gasteiger partial charge in [-0.2, -0.15) is 0 Å². The maximum Gasteiger partial charge on any atom is 0.407 e. The number of hydrogen-bond donors (Lipinski definition) is 1. The van der Waals surface area contributed by atoms with E-state index in [4.69, 9.17) is 4.74 Å². The Bertz CT molecular complexity index is 301. The Balaban J connectivity index is 2.18. The van der Waals surface area contributed by atoms with Crippen LogP contribution >= 0.6 is 11.3 Å². The van der Waals surface area contributed by atoms with Crippen LogP contribution in [0.3, 0.4) is 0 Å². The van der Waals surface area contributed by atoms with Crippen LogP contribution in [0.15, 0.2) is 17.5 Å². The Kier molecular flexibility index (Phi) is 4.15. The van der Waals surface area contributed by atoms with Gasteiger partial charge in [0, 0.05) is 16.8 Å². The normalized spacial score (nSPS) is 11.1. The number of thiophene rings is 1. The Labute approximate surface area is 94.5 Å². The first kappa shape index (κ1) is 12.0. The lowest BCUT2D eigenvalue weighted by molar-refractivity contribution is 0.139. The average Bonchev–Trinajstić information content (AvgIpc) is 2.53. The average molecular weight is 227 g/mol. The van der Waals surface area contributed by atoms with Gasteiger partial charge in [0.1, 0.15) is 0 Å². The van der Waals surface area contributed by atoms with Crippen molar-refractivity contribution in [3.05, 3.63) is 22.4 Å². The van der Waals surface area contributed by atoms with E-state index in [0.29, 0.717) is 6.61 Å². The monoisotopic (exact) mass is 227 g/mol. The van der Waals surface area contributed by atoms with E-state index in [0.717, 1.165) is 6.42 Å². The molecule has 0 aliphatic carbocycles. The van der Waals surface area contributed by atoms with E-state index >= 15 is 0 Å². The zero-order chi connectivity index (χ0) is 11.3. The lowest BCUT2D eigenvalue weighted by atomic mass is 10.1. The molecule has 0 saturated carbocycles. The molecule has 1 aromatic rings. The van der Waals surface area contributed by atoms with Crippen LogP contribution in [-0.2, 0) is 11.2 Å². The van der Waals surface area contributed by atoms with Gasteiger partial charge in [-0.05, 0) is 32.2 Å². The van der Waals surface area contributed by atoms with Gasteiger partial charge >= 0.3 is 6.09 Å². The molecule has 0 bridgehead atoms. The summed E-state index contributed by atoms with van der Waals surface area (Å²) in [6, 6.07) is 4.03. The second-order valence-electron chi connectivity index (χ2n) is 4.34. The van der Waals surface area contributed by atoms with Gasteiger partial charge in [-0.3, -0.25) is 0 Å². The highest BCUT2D eigenvalue weighted by molar-refractivity contribution is 7.09. The van der Waals surface area contributed by atoms with Crippen LogP contribution in [0.25, 0.3) is 0 Å². The van der Waals surface area contributed by atoms with Crippen molar-refractivity contribution in [2.45, 2.75) is 32.7 Å². The third-order valence-corrected chi connectivity index (χ3v) is 2.57. The number of carbonyl (C=O) groups is 1. The number of alkyl carbamates (subject to hydrolysis) is 1. The van der Waals surface area contributed by atoms with Crippen molar-refractivity contribution < 1.29 is 9.53 Å². The summed E-state index contributed by atoms with van der Waals surface area (Å²) in [7, 11) is 0. The van der Waals surface area contributed by atoms with Gasteiger partial charge in [-0.15, -0.1) is 11.3 Å². The van der Waals surface area contributed by atoms with Crippen LogP contribution in [0.1, 0.15) is 25.6 Å². The molecule has 1 N–H and O–H groups in total. The molecule has 0 spiro atoms. The highest BCUT2D eigenvalue weighted by atomic mass is 32.1. The molecule has 0 aliphatic heterocycles. The van der Waals surface area contributed by atoms with E-state index in [2.05, 4.69) is 5.32 Å². The van der Waals surface area contributed by atoms with Crippen molar-refractivity contribution >= 4 is 17.4 Å². The number of rotatable bonds is 3. The van der Waals surface area contributed by atoms with Gasteiger partial charge in [0.15, 0.2) is 0 Å². The molecular weight excluding hydrogens is 210 g/mol. The van der Waals surface area contributed by atoms with Crippen molar-refractivity contribution in [3.63, 3.8) is 0 Å². The standard InChI is InChI=1S/C11H17NO2S/c1-11(2,3)12-10(13)14-7-6-9-5-4-8-15-9/h4-5,8H,6-7H2,1-3H3,(H,12,13). The van der Waals surface area contributed by atoms with Crippen LogP contribution in [0.2, 0.25) is 0 Å². The summed E-state index contributed by atoms with van der Waals surface area (Å²) in [6.45, 7) is 6.21. The molecule has 84 valence electrons. The minimum absolute atomic E-state index is 0.236. The molecule has 0 unspecified atom stereocenters. The second kappa shape index (κ2) is 5.16. The van der Waals surface area contributed by atoms with E-state index in [1.807, 2.05) is 38.3 Å². The number of ether oxygens (including phenoxy) is 1. The van der Waals surface area contributed by atoms with Gasteiger partial charge < -0.3 is 10.1 Å². The van der Waals surface area contributed by atoms with Crippen LogP contribution < -0.4 is 5.32 Å². The van der Waals surface area contributed by atoms with Gasteiger partial charge in [0.25, 0.3) is 0 Å². The summed E-state index contributed by atoms with van der Waals surface area (Å²) >= 11 is 1.68. The van der Waals surface area contributed by atoms with E-state index in [9.17, 15) is 4.79 Å². The first-order valence-corrected chi connectivity index (χ1v) is 5.83. The van der Waals surface area contributed by atoms with Crippen molar-refractivity contribution in [1.29, 1.82) is 0 Å². The van der Waals surface area contributed by atoms with E-state index in [1.165, 1.54) is 4.88 Å². The van der Waals surface area contributed by atoms with E-state index < -0.39 is 0 Å². The lowest BCUT2D eigenvalue weighted by Gasteiger charge is -2.19. The molecule has 1 amide bonds. The number of amides is 1. The largest absolute Gasteiger partial charge is 0.449 e. The summed E-state index contributed by atoms with van der Waals surface area (Å²) in [6.07, 6.45) is 0.439. The zero-order valence-corrected chi connectivity index (χ0v) is 10.2. The molecule has 1 aromatic heterocycles. The fourth-order valence-corrected chi connectivity index (χ4v) is 1.73.